The van der Waals surface area contributed by atoms with Gasteiger partial charge in [0.15, 0.2) is 0 Å². The van der Waals surface area contributed by atoms with E-state index in [1.54, 1.807) is 0 Å². The largest absolute Gasteiger partial charge is 0.381 e. The second-order valence-electron chi connectivity index (χ2n) is 4.82. The molecule has 0 bridgehead atoms. The van der Waals surface area contributed by atoms with Gasteiger partial charge < -0.3 is 10.1 Å². The Morgan fingerprint density at radius 2 is 2.35 bits per heavy atom. The lowest BCUT2D eigenvalue weighted by Crippen LogP contribution is -2.43. The second-order valence-corrected chi connectivity index (χ2v) is 4.82. The lowest BCUT2D eigenvalue weighted by molar-refractivity contribution is -0.123. The van der Waals surface area contributed by atoms with Crippen molar-refractivity contribution in [3.8, 4) is 0 Å². The quantitative estimate of drug-likeness (QED) is 0.766. The van der Waals surface area contributed by atoms with Gasteiger partial charge in [-0.15, -0.1) is 0 Å². The van der Waals surface area contributed by atoms with Crippen LogP contribution in [-0.2, 0) is 9.53 Å². The molecule has 0 aromatic rings. The van der Waals surface area contributed by atoms with Crippen molar-refractivity contribution in [2.75, 3.05) is 26.3 Å². The Kier molecular flexibility index (Phi) is 3.93. The summed E-state index contributed by atoms with van der Waals surface area (Å²) in [5.74, 6) is -2.77. The van der Waals surface area contributed by atoms with Crippen molar-refractivity contribution in [3.05, 3.63) is 0 Å². The van der Waals surface area contributed by atoms with Gasteiger partial charge >= 0.3 is 0 Å². The van der Waals surface area contributed by atoms with E-state index in [-0.39, 0.29) is 5.91 Å². The summed E-state index contributed by atoms with van der Waals surface area (Å²) >= 11 is 0. The van der Waals surface area contributed by atoms with Crippen LogP contribution in [0.5, 0.6) is 0 Å². The molecule has 2 aliphatic rings. The first kappa shape index (κ1) is 12.7. The van der Waals surface area contributed by atoms with Crippen molar-refractivity contribution in [1.82, 2.24) is 10.6 Å². The summed E-state index contributed by atoms with van der Waals surface area (Å²) in [7, 11) is 0. The number of ether oxygens (including phenoxy) is 1. The summed E-state index contributed by atoms with van der Waals surface area (Å²) < 4.78 is 31.1. The molecule has 2 unspecified atom stereocenters. The average molecular weight is 248 g/mol. The van der Waals surface area contributed by atoms with E-state index in [1.807, 2.05) is 0 Å². The van der Waals surface area contributed by atoms with Gasteiger partial charge in [-0.1, -0.05) is 0 Å². The minimum atomic E-state index is -2.75. The van der Waals surface area contributed by atoms with E-state index in [1.165, 1.54) is 0 Å². The molecule has 2 fully saturated rings. The first-order valence-electron chi connectivity index (χ1n) is 6.03. The molecule has 2 atom stereocenters. The molecule has 0 radical (unpaired) electrons. The second kappa shape index (κ2) is 5.27. The lowest BCUT2D eigenvalue weighted by Gasteiger charge is -2.22. The van der Waals surface area contributed by atoms with Crippen LogP contribution in [0.15, 0.2) is 0 Å². The van der Waals surface area contributed by atoms with Crippen molar-refractivity contribution in [3.63, 3.8) is 0 Å². The van der Waals surface area contributed by atoms with Crippen molar-refractivity contribution < 1.29 is 18.3 Å². The Morgan fingerprint density at radius 1 is 1.53 bits per heavy atom. The van der Waals surface area contributed by atoms with Crippen molar-refractivity contribution in [1.29, 1.82) is 0 Å². The van der Waals surface area contributed by atoms with E-state index in [2.05, 4.69) is 10.6 Å². The average Bonchev–Trinajstić information content (AvgIpc) is 2.68. The maximum Gasteiger partial charge on any atom is 0.262 e. The van der Waals surface area contributed by atoms with E-state index in [0.717, 1.165) is 19.4 Å². The highest BCUT2D eigenvalue weighted by Gasteiger charge is 2.42. The smallest absolute Gasteiger partial charge is 0.262 e. The first-order valence-corrected chi connectivity index (χ1v) is 6.03. The normalized spacial score (nSPS) is 32.4. The molecule has 2 saturated heterocycles. The molecular weight excluding hydrogens is 230 g/mol. The van der Waals surface area contributed by atoms with Crippen LogP contribution in [0.25, 0.3) is 0 Å². The summed E-state index contributed by atoms with van der Waals surface area (Å²) in [5.41, 5.74) is 0. The highest BCUT2D eigenvalue weighted by molar-refractivity contribution is 5.82. The third-order valence-electron chi connectivity index (χ3n) is 3.25. The summed E-state index contributed by atoms with van der Waals surface area (Å²) in [4.78, 5) is 11.6. The van der Waals surface area contributed by atoms with Crippen LogP contribution in [0.1, 0.15) is 19.3 Å². The number of amides is 1. The number of carbonyl (C=O) groups excluding carboxylic acids is 1. The van der Waals surface area contributed by atoms with Gasteiger partial charge in [0.1, 0.15) is 0 Å². The molecule has 0 aliphatic carbocycles. The third kappa shape index (κ3) is 3.61. The Hall–Kier alpha value is -0.750. The maximum atomic E-state index is 12.9. The molecule has 0 saturated carbocycles. The summed E-state index contributed by atoms with van der Waals surface area (Å²) in [6.45, 7) is 1.54. The molecule has 6 heteroatoms. The molecule has 2 rings (SSSR count). The molecule has 17 heavy (non-hydrogen) atoms. The van der Waals surface area contributed by atoms with E-state index in [9.17, 15) is 13.6 Å². The molecule has 2 heterocycles. The lowest BCUT2D eigenvalue weighted by atomic mass is 10.0. The van der Waals surface area contributed by atoms with Crippen molar-refractivity contribution in [2.45, 2.75) is 31.2 Å². The molecule has 0 aromatic heterocycles. The number of rotatable bonds is 3. The zero-order valence-corrected chi connectivity index (χ0v) is 9.68. The Balaban J connectivity index is 1.70. The predicted octanol–water partition coefficient (Wildman–Crippen LogP) is 0.526. The minimum Gasteiger partial charge on any atom is -0.381 e. The van der Waals surface area contributed by atoms with Gasteiger partial charge in [-0.25, -0.2) is 8.78 Å². The van der Waals surface area contributed by atoms with Crippen LogP contribution in [0.4, 0.5) is 8.78 Å². The maximum absolute atomic E-state index is 12.9. The van der Waals surface area contributed by atoms with Crippen LogP contribution in [0, 0.1) is 5.92 Å². The van der Waals surface area contributed by atoms with Gasteiger partial charge in [0, 0.05) is 19.6 Å². The molecule has 0 aromatic carbocycles. The molecular formula is C11H18F2N2O2. The molecule has 2 N–H and O–H groups in total. The van der Waals surface area contributed by atoms with Gasteiger partial charge in [0.2, 0.25) is 5.91 Å². The fourth-order valence-electron chi connectivity index (χ4n) is 2.24. The van der Waals surface area contributed by atoms with Crippen LogP contribution in [0.3, 0.4) is 0 Å². The summed E-state index contributed by atoms with van der Waals surface area (Å²) in [6.07, 6.45) is 1.62. The van der Waals surface area contributed by atoms with Gasteiger partial charge in [-0.2, -0.15) is 0 Å². The van der Waals surface area contributed by atoms with E-state index >= 15 is 0 Å². The summed E-state index contributed by atoms with van der Waals surface area (Å²) in [5, 5.41) is 5.26. The van der Waals surface area contributed by atoms with Crippen molar-refractivity contribution >= 4 is 5.91 Å². The fourth-order valence-corrected chi connectivity index (χ4v) is 2.24. The zero-order valence-electron chi connectivity index (χ0n) is 9.68. The Bertz CT molecular complexity index is 281. The SMILES string of the molecule is O=C(NCC1CCCOC1)C1CC(F)(F)CN1. The van der Waals surface area contributed by atoms with Gasteiger partial charge in [-0.3, -0.25) is 10.1 Å². The van der Waals surface area contributed by atoms with Crippen LogP contribution in [0.2, 0.25) is 0 Å². The topological polar surface area (TPSA) is 50.4 Å². The highest BCUT2D eigenvalue weighted by atomic mass is 19.3. The van der Waals surface area contributed by atoms with Gasteiger partial charge in [-0.05, 0) is 18.8 Å². The molecule has 4 nitrogen and oxygen atoms in total. The number of hydrogen-bond donors (Lipinski definition) is 2. The number of halogens is 2. The van der Waals surface area contributed by atoms with Crippen molar-refractivity contribution in [2.24, 2.45) is 5.92 Å². The highest BCUT2D eigenvalue weighted by Crippen LogP contribution is 2.25. The van der Waals surface area contributed by atoms with Crippen LogP contribution in [-0.4, -0.2) is 44.2 Å². The molecule has 2 aliphatic heterocycles. The molecule has 0 spiro atoms. The number of hydrogen-bond acceptors (Lipinski definition) is 3. The predicted molar refractivity (Wildman–Crippen MR) is 57.9 cm³/mol. The molecule has 98 valence electrons. The fraction of sp³-hybridized carbons (Fsp3) is 0.909. The van der Waals surface area contributed by atoms with E-state index < -0.39 is 24.9 Å². The number of nitrogens with one attached hydrogen (secondary N) is 2. The van der Waals surface area contributed by atoms with Crippen LogP contribution >= 0.6 is 0 Å². The number of alkyl halides is 2. The van der Waals surface area contributed by atoms with E-state index in [4.69, 9.17) is 4.74 Å². The van der Waals surface area contributed by atoms with Gasteiger partial charge in [0.05, 0.1) is 19.2 Å². The van der Waals surface area contributed by atoms with Crippen LogP contribution < -0.4 is 10.6 Å². The standard InChI is InChI=1S/C11H18F2N2O2/c12-11(13)4-9(15-7-11)10(16)14-5-8-2-1-3-17-6-8/h8-9,15H,1-7H2,(H,14,16). The van der Waals surface area contributed by atoms with E-state index in [0.29, 0.717) is 19.1 Å². The first-order chi connectivity index (χ1) is 8.07. The summed E-state index contributed by atoms with van der Waals surface area (Å²) in [6, 6.07) is -0.755. The number of carbonyl (C=O) groups is 1. The third-order valence-corrected chi connectivity index (χ3v) is 3.25. The van der Waals surface area contributed by atoms with Gasteiger partial charge in [0.25, 0.3) is 5.92 Å². The minimum absolute atomic E-state index is 0.314. The molecule has 1 amide bonds. The Labute approximate surface area is 99.1 Å². The Morgan fingerprint density at radius 3 is 2.94 bits per heavy atom. The zero-order chi connectivity index (χ0) is 12.3. The monoisotopic (exact) mass is 248 g/mol.